The highest BCUT2D eigenvalue weighted by atomic mass is 32.2. The molecule has 0 amide bonds. The summed E-state index contributed by atoms with van der Waals surface area (Å²) in [5.41, 5.74) is -0.0694. The molecule has 1 rings (SSSR count). The average molecular weight is 204 g/mol. The van der Waals surface area contributed by atoms with E-state index < -0.39 is 6.29 Å². The molecule has 0 bridgehead atoms. The van der Waals surface area contributed by atoms with Crippen LogP contribution in [-0.2, 0) is 4.74 Å². The molecule has 1 heterocycles. The maximum Gasteiger partial charge on any atom is 0.161 e. The van der Waals surface area contributed by atoms with Crippen LogP contribution < -0.4 is 0 Å². The summed E-state index contributed by atoms with van der Waals surface area (Å²) >= 11 is 1.82. The van der Waals surface area contributed by atoms with Crippen LogP contribution in [0.25, 0.3) is 0 Å². The lowest BCUT2D eigenvalue weighted by atomic mass is 9.82. The summed E-state index contributed by atoms with van der Waals surface area (Å²) in [6.45, 7) is 6.35. The van der Waals surface area contributed by atoms with E-state index in [1.54, 1.807) is 0 Å². The molecule has 1 N–H and O–H groups in total. The Bertz CT molecular complexity index is 174. The van der Waals surface area contributed by atoms with Gasteiger partial charge in [-0.1, -0.05) is 20.8 Å². The van der Waals surface area contributed by atoms with Gasteiger partial charge in [-0.25, -0.2) is 0 Å². The summed E-state index contributed by atoms with van der Waals surface area (Å²) in [7, 11) is 0. The highest BCUT2D eigenvalue weighted by molar-refractivity contribution is 7.99. The van der Waals surface area contributed by atoms with E-state index in [9.17, 15) is 5.11 Å². The molecule has 0 aromatic rings. The molecular formula is C10H20O2S. The molecule has 78 valence electrons. The fraction of sp³-hybridized carbons (Fsp3) is 1.00. The van der Waals surface area contributed by atoms with E-state index in [1.807, 2.05) is 11.8 Å². The van der Waals surface area contributed by atoms with Gasteiger partial charge in [-0.3, -0.25) is 0 Å². The Morgan fingerprint density at radius 3 is 2.46 bits per heavy atom. The molecular weight excluding hydrogens is 184 g/mol. The third-order valence-electron chi connectivity index (χ3n) is 3.27. The van der Waals surface area contributed by atoms with Crippen LogP contribution >= 0.6 is 11.8 Å². The van der Waals surface area contributed by atoms with E-state index in [0.717, 1.165) is 12.8 Å². The smallest absolute Gasteiger partial charge is 0.161 e. The van der Waals surface area contributed by atoms with Crippen LogP contribution in [0.1, 0.15) is 33.6 Å². The van der Waals surface area contributed by atoms with Gasteiger partial charge in [0.15, 0.2) is 6.29 Å². The van der Waals surface area contributed by atoms with Crippen LogP contribution in [0.3, 0.4) is 0 Å². The Labute approximate surface area is 85.0 Å². The third kappa shape index (κ3) is 1.74. The maximum atomic E-state index is 9.82. The summed E-state index contributed by atoms with van der Waals surface area (Å²) < 4.78 is 5.56. The summed E-state index contributed by atoms with van der Waals surface area (Å²) in [5.74, 6) is 0. The highest BCUT2D eigenvalue weighted by Gasteiger charge is 2.50. The Morgan fingerprint density at radius 2 is 2.08 bits per heavy atom. The molecule has 0 spiro atoms. The lowest BCUT2D eigenvalue weighted by Gasteiger charge is -2.30. The number of ether oxygens (including phenoxy) is 1. The van der Waals surface area contributed by atoms with Crippen LogP contribution in [0.5, 0.6) is 0 Å². The Balaban J connectivity index is 2.82. The number of rotatable bonds is 3. The molecule has 1 saturated heterocycles. The molecule has 1 aliphatic rings. The topological polar surface area (TPSA) is 29.5 Å². The maximum absolute atomic E-state index is 9.82. The minimum Gasteiger partial charge on any atom is -0.367 e. The third-order valence-corrected chi connectivity index (χ3v) is 4.62. The molecule has 0 saturated carbocycles. The highest BCUT2D eigenvalue weighted by Crippen LogP contribution is 2.46. The first kappa shape index (κ1) is 11.3. The van der Waals surface area contributed by atoms with Gasteiger partial charge >= 0.3 is 0 Å². The first-order chi connectivity index (χ1) is 6.10. The number of hydrogen-bond acceptors (Lipinski definition) is 3. The van der Waals surface area contributed by atoms with Gasteiger partial charge in [-0.05, 0) is 19.1 Å². The first-order valence-corrected chi connectivity index (χ1v) is 6.25. The van der Waals surface area contributed by atoms with Crippen molar-refractivity contribution in [2.75, 3.05) is 6.26 Å². The van der Waals surface area contributed by atoms with Crippen molar-refractivity contribution in [3.63, 3.8) is 0 Å². The summed E-state index contributed by atoms with van der Waals surface area (Å²) in [4.78, 5) is 0. The first-order valence-electron chi connectivity index (χ1n) is 4.96. The molecule has 1 aliphatic heterocycles. The normalized spacial score (nSPS) is 45.5. The second kappa shape index (κ2) is 4.20. The van der Waals surface area contributed by atoms with Crippen molar-refractivity contribution in [2.24, 2.45) is 5.41 Å². The predicted molar refractivity (Wildman–Crippen MR) is 56.9 cm³/mol. The SMILES string of the molecule is CCC1OC(O)C(C)(CC)C1SC. The molecule has 4 unspecified atom stereocenters. The van der Waals surface area contributed by atoms with Crippen molar-refractivity contribution in [3.8, 4) is 0 Å². The average Bonchev–Trinajstić information content (AvgIpc) is 2.39. The van der Waals surface area contributed by atoms with Crippen LogP contribution in [0, 0.1) is 5.41 Å². The van der Waals surface area contributed by atoms with Crippen molar-refractivity contribution in [2.45, 2.75) is 51.3 Å². The molecule has 4 atom stereocenters. The monoisotopic (exact) mass is 204 g/mol. The zero-order valence-electron chi connectivity index (χ0n) is 8.91. The van der Waals surface area contributed by atoms with Crippen molar-refractivity contribution in [1.29, 1.82) is 0 Å². The van der Waals surface area contributed by atoms with Crippen LogP contribution in [0.2, 0.25) is 0 Å². The van der Waals surface area contributed by atoms with E-state index in [1.165, 1.54) is 0 Å². The molecule has 0 radical (unpaired) electrons. The van der Waals surface area contributed by atoms with Crippen LogP contribution in [0.4, 0.5) is 0 Å². The fourth-order valence-electron chi connectivity index (χ4n) is 2.06. The second-order valence-electron chi connectivity index (χ2n) is 3.95. The lowest BCUT2D eigenvalue weighted by Crippen LogP contribution is -2.35. The minimum atomic E-state index is -0.583. The van der Waals surface area contributed by atoms with E-state index in [-0.39, 0.29) is 11.5 Å². The molecule has 2 nitrogen and oxygen atoms in total. The van der Waals surface area contributed by atoms with Gasteiger partial charge in [0.1, 0.15) is 0 Å². The van der Waals surface area contributed by atoms with Crippen molar-refractivity contribution >= 4 is 11.8 Å². The zero-order valence-corrected chi connectivity index (χ0v) is 9.73. The quantitative estimate of drug-likeness (QED) is 0.764. The summed E-state index contributed by atoms with van der Waals surface area (Å²) in [6.07, 6.45) is 3.69. The molecule has 3 heteroatoms. The van der Waals surface area contributed by atoms with E-state index >= 15 is 0 Å². The van der Waals surface area contributed by atoms with Crippen molar-refractivity contribution in [1.82, 2.24) is 0 Å². The van der Waals surface area contributed by atoms with E-state index in [0.29, 0.717) is 5.25 Å². The molecule has 13 heavy (non-hydrogen) atoms. The molecule has 1 fully saturated rings. The molecule has 0 aliphatic carbocycles. The fourth-order valence-corrected chi connectivity index (χ4v) is 3.45. The lowest BCUT2D eigenvalue weighted by molar-refractivity contribution is -0.132. The number of thioether (sulfide) groups is 1. The standard InChI is InChI=1S/C10H20O2S/c1-5-7-8(13-4)10(3,6-2)9(11)12-7/h7-9,11H,5-6H2,1-4H3. The van der Waals surface area contributed by atoms with E-state index in [2.05, 4.69) is 27.0 Å². The van der Waals surface area contributed by atoms with Crippen molar-refractivity contribution in [3.05, 3.63) is 0 Å². The number of aliphatic hydroxyl groups excluding tert-OH is 1. The molecule has 0 aromatic carbocycles. The Hall–Kier alpha value is 0.270. The van der Waals surface area contributed by atoms with Gasteiger partial charge in [0, 0.05) is 10.7 Å². The minimum absolute atomic E-state index is 0.0694. The van der Waals surface area contributed by atoms with Gasteiger partial charge in [0.2, 0.25) is 0 Å². The predicted octanol–water partition coefficient (Wildman–Crippen LogP) is 2.26. The van der Waals surface area contributed by atoms with Crippen LogP contribution in [0.15, 0.2) is 0 Å². The van der Waals surface area contributed by atoms with Gasteiger partial charge in [0.25, 0.3) is 0 Å². The summed E-state index contributed by atoms with van der Waals surface area (Å²) in [5, 5.41) is 10.2. The summed E-state index contributed by atoms with van der Waals surface area (Å²) in [6, 6.07) is 0. The van der Waals surface area contributed by atoms with Crippen LogP contribution in [-0.4, -0.2) is 29.0 Å². The van der Waals surface area contributed by atoms with Gasteiger partial charge in [-0.2, -0.15) is 11.8 Å². The zero-order chi connectivity index (χ0) is 10.1. The van der Waals surface area contributed by atoms with Crippen molar-refractivity contribution < 1.29 is 9.84 Å². The van der Waals surface area contributed by atoms with Gasteiger partial charge < -0.3 is 9.84 Å². The van der Waals surface area contributed by atoms with E-state index in [4.69, 9.17) is 4.74 Å². The number of aliphatic hydroxyl groups is 1. The Morgan fingerprint density at radius 1 is 1.46 bits per heavy atom. The van der Waals surface area contributed by atoms with Gasteiger partial charge in [0.05, 0.1) is 6.10 Å². The largest absolute Gasteiger partial charge is 0.367 e. The van der Waals surface area contributed by atoms with Gasteiger partial charge in [-0.15, -0.1) is 0 Å². The second-order valence-corrected chi connectivity index (χ2v) is 4.93. The Kier molecular flexibility index (Phi) is 3.66. The number of hydrogen-bond donors (Lipinski definition) is 1. The molecule has 0 aromatic heterocycles.